The van der Waals surface area contributed by atoms with Crippen LogP contribution in [0.25, 0.3) is 0 Å². The number of allylic oxidation sites excluding steroid dienone is 4. The molecule has 1 N–H and O–H groups in total. The van der Waals surface area contributed by atoms with E-state index in [0.717, 1.165) is 37.7 Å². The molecule has 1 aromatic rings. The molecular weight excluding hydrogens is 488 g/mol. The highest BCUT2D eigenvalue weighted by atomic mass is 32.2. The molecule has 7 nitrogen and oxygen atoms in total. The number of ether oxygens (including phenoxy) is 2. The number of carbonyl (C=O) groups excluding carboxylic acids is 2. The van der Waals surface area contributed by atoms with E-state index in [4.69, 9.17) is 9.47 Å². The Morgan fingerprint density at radius 3 is 2.81 bits per heavy atom. The van der Waals surface area contributed by atoms with Crippen LogP contribution >= 0.6 is 11.8 Å². The minimum atomic E-state index is -1.10. The molecule has 9 atom stereocenters. The SMILES string of the molecule is CCC[C@H]1O[C@@H]2CC3C4CCC5=CC(=O)C=CC5(C)C4[C@@H](O)CC3(C)[C@@]2(C(=O)CSc2ncccn2)O1. The summed E-state index contributed by atoms with van der Waals surface area (Å²) >= 11 is 1.33. The summed E-state index contributed by atoms with van der Waals surface area (Å²) in [6.45, 7) is 6.42. The molecule has 4 aliphatic carbocycles. The molecule has 3 saturated carbocycles. The van der Waals surface area contributed by atoms with Crippen molar-refractivity contribution in [1.82, 2.24) is 9.97 Å². The average Bonchev–Trinajstić information content (AvgIpc) is 3.35. The first kappa shape index (κ1) is 25.4. The maximum Gasteiger partial charge on any atom is 0.187 e. The van der Waals surface area contributed by atoms with E-state index in [1.165, 1.54) is 11.8 Å². The van der Waals surface area contributed by atoms with Crippen molar-refractivity contribution >= 4 is 23.3 Å². The van der Waals surface area contributed by atoms with Gasteiger partial charge in [-0.2, -0.15) is 0 Å². The highest BCUT2D eigenvalue weighted by Crippen LogP contribution is 2.69. The average molecular weight is 525 g/mol. The Morgan fingerprint density at radius 2 is 2.05 bits per heavy atom. The van der Waals surface area contributed by atoms with Crippen molar-refractivity contribution in [1.29, 1.82) is 0 Å². The lowest BCUT2D eigenvalue weighted by Gasteiger charge is -2.59. The van der Waals surface area contributed by atoms with Crippen LogP contribution in [-0.2, 0) is 19.1 Å². The summed E-state index contributed by atoms with van der Waals surface area (Å²) in [6.07, 6.45) is 12.0. The van der Waals surface area contributed by atoms with E-state index in [2.05, 4.69) is 30.7 Å². The number of nitrogens with zero attached hydrogens (tertiary/aromatic N) is 2. The van der Waals surface area contributed by atoms with Crippen LogP contribution in [0, 0.1) is 28.6 Å². The molecule has 8 heteroatoms. The fourth-order valence-electron chi connectivity index (χ4n) is 8.60. The zero-order valence-electron chi connectivity index (χ0n) is 21.8. The monoisotopic (exact) mass is 524 g/mol. The summed E-state index contributed by atoms with van der Waals surface area (Å²) in [5.74, 6) is 0.634. The molecule has 2 heterocycles. The van der Waals surface area contributed by atoms with E-state index in [9.17, 15) is 14.7 Å². The van der Waals surface area contributed by atoms with Crippen LogP contribution in [-0.4, -0.2) is 56.5 Å². The molecule has 4 fully saturated rings. The predicted molar refractivity (Wildman–Crippen MR) is 139 cm³/mol. The number of rotatable bonds is 6. The third-order valence-corrected chi connectivity index (χ3v) is 11.0. The van der Waals surface area contributed by atoms with Gasteiger partial charge in [-0.25, -0.2) is 9.97 Å². The van der Waals surface area contributed by atoms with E-state index in [1.807, 2.05) is 6.08 Å². The molecule has 0 aromatic carbocycles. The summed E-state index contributed by atoms with van der Waals surface area (Å²) in [4.78, 5) is 34.9. The number of Topliss-reactive ketones (excluding diaryl/α,β-unsaturated/α-hetero) is 1. The summed E-state index contributed by atoms with van der Waals surface area (Å²) in [7, 11) is 0. The Hall–Kier alpha value is -1.87. The third kappa shape index (κ3) is 3.66. The van der Waals surface area contributed by atoms with Crippen molar-refractivity contribution in [3.8, 4) is 0 Å². The van der Waals surface area contributed by atoms with Crippen molar-refractivity contribution in [2.75, 3.05) is 5.75 Å². The Kier molecular flexibility index (Phi) is 6.26. The number of hydrogen-bond acceptors (Lipinski definition) is 8. The zero-order valence-corrected chi connectivity index (χ0v) is 22.6. The molecule has 198 valence electrons. The molecule has 0 radical (unpaired) electrons. The number of ketones is 2. The zero-order chi connectivity index (χ0) is 26.0. The van der Waals surface area contributed by atoms with Gasteiger partial charge in [-0.3, -0.25) is 9.59 Å². The molecule has 37 heavy (non-hydrogen) atoms. The van der Waals surface area contributed by atoms with Gasteiger partial charge in [0.1, 0.15) is 0 Å². The lowest BCUT2D eigenvalue weighted by molar-refractivity contribution is -0.197. The molecule has 6 rings (SSSR count). The topological polar surface area (TPSA) is 98.6 Å². The number of thioether (sulfide) groups is 1. The van der Waals surface area contributed by atoms with E-state index in [0.29, 0.717) is 11.6 Å². The molecule has 1 saturated heterocycles. The fraction of sp³-hybridized carbons (Fsp3) is 0.655. The van der Waals surface area contributed by atoms with Crippen LogP contribution in [0.4, 0.5) is 0 Å². The van der Waals surface area contributed by atoms with E-state index in [-0.39, 0.29) is 46.6 Å². The third-order valence-electron chi connectivity index (χ3n) is 10.1. The minimum absolute atomic E-state index is 0.000522. The Morgan fingerprint density at radius 1 is 1.27 bits per heavy atom. The first-order valence-electron chi connectivity index (χ1n) is 13.6. The lowest BCUT2D eigenvalue weighted by Crippen LogP contribution is -2.63. The van der Waals surface area contributed by atoms with E-state index < -0.39 is 23.4 Å². The van der Waals surface area contributed by atoms with Gasteiger partial charge in [-0.05, 0) is 62.2 Å². The van der Waals surface area contributed by atoms with Crippen LogP contribution in [0.3, 0.4) is 0 Å². The normalized spacial score (nSPS) is 44.0. The molecule has 0 amide bonds. The van der Waals surface area contributed by atoms with E-state index >= 15 is 0 Å². The molecule has 0 spiro atoms. The summed E-state index contributed by atoms with van der Waals surface area (Å²) < 4.78 is 13.2. The minimum Gasteiger partial charge on any atom is -0.393 e. The lowest BCUT2D eigenvalue weighted by atomic mass is 9.46. The fourth-order valence-corrected chi connectivity index (χ4v) is 9.35. The van der Waals surface area contributed by atoms with Gasteiger partial charge in [0, 0.05) is 29.1 Å². The summed E-state index contributed by atoms with van der Waals surface area (Å²) in [5.41, 5.74) is -0.871. The molecule has 5 aliphatic rings. The van der Waals surface area contributed by atoms with Gasteiger partial charge in [0.15, 0.2) is 28.6 Å². The second-order valence-corrected chi connectivity index (χ2v) is 12.8. The van der Waals surface area contributed by atoms with Gasteiger partial charge in [-0.15, -0.1) is 0 Å². The number of hydrogen-bond donors (Lipinski definition) is 1. The van der Waals surface area contributed by atoms with Crippen molar-refractivity contribution in [3.05, 3.63) is 42.3 Å². The molecule has 0 bridgehead atoms. The highest BCUT2D eigenvalue weighted by Gasteiger charge is 2.75. The first-order chi connectivity index (χ1) is 17.7. The van der Waals surface area contributed by atoms with Crippen molar-refractivity contribution < 1.29 is 24.2 Å². The second kappa shape index (κ2) is 9.11. The number of aliphatic hydroxyl groups excluding tert-OH is 1. The van der Waals surface area contributed by atoms with Gasteiger partial charge in [-0.1, -0.05) is 50.6 Å². The Balaban J connectivity index is 1.35. The number of aliphatic hydroxyl groups is 1. The summed E-state index contributed by atoms with van der Waals surface area (Å²) in [6, 6.07) is 1.76. The van der Waals surface area contributed by atoms with Crippen LogP contribution in [0.2, 0.25) is 0 Å². The van der Waals surface area contributed by atoms with Gasteiger partial charge in [0.05, 0.1) is 18.0 Å². The van der Waals surface area contributed by atoms with Gasteiger partial charge >= 0.3 is 0 Å². The first-order valence-corrected chi connectivity index (χ1v) is 14.6. The Labute approximate surface area is 222 Å². The number of fused-ring (bicyclic) bond motifs is 7. The van der Waals surface area contributed by atoms with Gasteiger partial charge in [0.25, 0.3) is 0 Å². The number of aromatic nitrogens is 2. The second-order valence-electron chi connectivity index (χ2n) is 11.9. The van der Waals surface area contributed by atoms with Crippen molar-refractivity contribution in [2.24, 2.45) is 28.6 Å². The van der Waals surface area contributed by atoms with Crippen molar-refractivity contribution in [2.45, 2.75) is 88.6 Å². The highest BCUT2D eigenvalue weighted by molar-refractivity contribution is 7.99. The molecule has 1 aromatic heterocycles. The summed E-state index contributed by atoms with van der Waals surface area (Å²) in [5, 5.41) is 12.4. The van der Waals surface area contributed by atoms with Crippen LogP contribution in [0.1, 0.15) is 59.3 Å². The smallest absolute Gasteiger partial charge is 0.187 e. The van der Waals surface area contributed by atoms with Crippen LogP contribution in [0.15, 0.2) is 47.4 Å². The standard InChI is InChI=1S/C29H36N2O5S/c1-4-6-24-35-23-14-20-19-8-7-17-13-18(32)9-10-27(17,2)25(19)21(33)15-28(20,3)29(23,36-24)22(34)16-37-26-30-11-5-12-31-26/h5,9-13,19-21,23-25,33H,4,6-8,14-16H2,1-3H3/t19?,20?,21-,23+,24-,25?,27?,28?,29-/m0/s1. The molecular formula is C29H36N2O5S. The van der Waals surface area contributed by atoms with Gasteiger partial charge in [0.2, 0.25) is 0 Å². The quantitative estimate of drug-likeness (QED) is 0.434. The Bertz CT molecular complexity index is 1160. The molecule has 5 unspecified atom stereocenters. The number of carbonyl (C=O) groups is 2. The predicted octanol–water partition coefficient (Wildman–Crippen LogP) is 4.31. The maximum absolute atomic E-state index is 14.2. The van der Waals surface area contributed by atoms with Crippen molar-refractivity contribution in [3.63, 3.8) is 0 Å². The van der Waals surface area contributed by atoms with E-state index in [1.54, 1.807) is 30.6 Å². The molecule has 1 aliphatic heterocycles. The van der Waals surface area contributed by atoms with Gasteiger partial charge < -0.3 is 14.6 Å². The van der Waals surface area contributed by atoms with Crippen LogP contribution in [0.5, 0.6) is 0 Å². The largest absolute Gasteiger partial charge is 0.393 e. The van der Waals surface area contributed by atoms with Crippen LogP contribution < -0.4 is 0 Å². The maximum atomic E-state index is 14.2.